The molecule has 4 nitrogen and oxygen atoms in total. The number of nitrogens with zero attached hydrogens (tertiary/aromatic N) is 1. The number of hydrogen-bond acceptors (Lipinski definition) is 3. The van der Waals surface area contributed by atoms with E-state index in [9.17, 15) is 4.79 Å². The van der Waals surface area contributed by atoms with E-state index in [0.29, 0.717) is 6.42 Å². The van der Waals surface area contributed by atoms with Crippen LogP contribution in [0, 0.1) is 0 Å². The van der Waals surface area contributed by atoms with Crippen LogP contribution in [-0.2, 0) is 11.2 Å². The number of carboxylic acid groups (broad SMARTS) is 1. The van der Waals surface area contributed by atoms with Crippen LogP contribution < -0.4 is 10.2 Å². The second-order valence-corrected chi connectivity index (χ2v) is 4.97. The Morgan fingerprint density at radius 3 is 3.00 bits per heavy atom. The summed E-state index contributed by atoms with van der Waals surface area (Å²) < 4.78 is 0. The molecule has 0 saturated carbocycles. The van der Waals surface area contributed by atoms with Gasteiger partial charge in [-0.15, -0.1) is 0 Å². The van der Waals surface area contributed by atoms with Crippen LogP contribution in [0.2, 0.25) is 0 Å². The van der Waals surface area contributed by atoms with Crippen LogP contribution in [0.1, 0.15) is 25.3 Å². The van der Waals surface area contributed by atoms with Gasteiger partial charge in [0.25, 0.3) is 0 Å². The smallest absolute Gasteiger partial charge is 0.303 e. The van der Waals surface area contributed by atoms with Gasteiger partial charge in [0.05, 0.1) is 0 Å². The fraction of sp³-hybridized carbons (Fsp3) is 0.533. The van der Waals surface area contributed by atoms with Gasteiger partial charge >= 0.3 is 5.97 Å². The van der Waals surface area contributed by atoms with Gasteiger partial charge < -0.3 is 15.3 Å². The van der Waals surface area contributed by atoms with E-state index < -0.39 is 5.97 Å². The van der Waals surface area contributed by atoms with E-state index >= 15 is 0 Å². The van der Waals surface area contributed by atoms with Crippen molar-refractivity contribution in [2.24, 2.45) is 0 Å². The third kappa shape index (κ3) is 3.47. The molecule has 1 aliphatic heterocycles. The molecule has 2 rings (SSSR count). The highest BCUT2D eigenvalue weighted by Gasteiger charge is 2.24. The van der Waals surface area contributed by atoms with Crippen LogP contribution in [-0.4, -0.2) is 36.8 Å². The number of nitrogens with one attached hydrogen (secondary N) is 1. The highest BCUT2D eigenvalue weighted by molar-refractivity contribution is 5.67. The zero-order chi connectivity index (χ0) is 13.7. The molecule has 104 valence electrons. The zero-order valence-corrected chi connectivity index (χ0v) is 11.4. The summed E-state index contributed by atoms with van der Waals surface area (Å²) in [4.78, 5) is 13.1. The number of benzene rings is 1. The molecule has 1 heterocycles. The molecule has 0 aliphatic carbocycles. The van der Waals surface area contributed by atoms with Gasteiger partial charge in [-0.1, -0.05) is 25.1 Å². The fourth-order valence-corrected chi connectivity index (χ4v) is 2.72. The minimum atomic E-state index is -0.714. The molecule has 0 amide bonds. The molecule has 19 heavy (non-hydrogen) atoms. The van der Waals surface area contributed by atoms with Gasteiger partial charge in [-0.2, -0.15) is 0 Å². The number of carboxylic acids is 1. The van der Waals surface area contributed by atoms with E-state index in [-0.39, 0.29) is 12.5 Å². The first-order chi connectivity index (χ1) is 9.22. The number of para-hydroxylation sites is 1. The Morgan fingerprint density at radius 1 is 1.47 bits per heavy atom. The maximum Gasteiger partial charge on any atom is 0.303 e. The van der Waals surface area contributed by atoms with E-state index in [0.717, 1.165) is 26.1 Å². The summed E-state index contributed by atoms with van der Waals surface area (Å²) in [6.07, 6.45) is 1.93. The predicted molar refractivity (Wildman–Crippen MR) is 76.7 cm³/mol. The number of piperazine rings is 1. The lowest BCUT2D eigenvalue weighted by Gasteiger charge is -2.39. The summed E-state index contributed by atoms with van der Waals surface area (Å²) in [6.45, 7) is 4.93. The van der Waals surface area contributed by atoms with Crippen LogP contribution in [0.4, 0.5) is 5.69 Å². The number of hydrogen-bond donors (Lipinski definition) is 2. The lowest BCUT2D eigenvalue weighted by molar-refractivity contribution is -0.137. The monoisotopic (exact) mass is 262 g/mol. The quantitative estimate of drug-likeness (QED) is 0.851. The van der Waals surface area contributed by atoms with Crippen LogP contribution in [0.25, 0.3) is 0 Å². The molecule has 1 saturated heterocycles. The van der Waals surface area contributed by atoms with Crippen molar-refractivity contribution in [1.29, 1.82) is 0 Å². The molecular weight excluding hydrogens is 240 g/mol. The van der Waals surface area contributed by atoms with Crippen molar-refractivity contribution in [1.82, 2.24) is 5.32 Å². The van der Waals surface area contributed by atoms with E-state index in [2.05, 4.69) is 41.4 Å². The molecule has 1 aromatic carbocycles. The summed E-state index contributed by atoms with van der Waals surface area (Å²) >= 11 is 0. The molecule has 0 spiro atoms. The standard InChI is InChI=1S/C15H22N2O2/c1-2-12-5-3-4-6-14(12)17-10-9-16-11-13(17)7-8-15(18)19/h3-6,13,16H,2,7-11H2,1H3,(H,18,19). The average Bonchev–Trinajstić information content (AvgIpc) is 2.45. The van der Waals surface area contributed by atoms with Crippen LogP contribution >= 0.6 is 0 Å². The highest BCUT2D eigenvalue weighted by Crippen LogP contribution is 2.25. The molecule has 0 radical (unpaired) electrons. The van der Waals surface area contributed by atoms with Crippen LogP contribution in [0.15, 0.2) is 24.3 Å². The van der Waals surface area contributed by atoms with Gasteiger partial charge in [-0.3, -0.25) is 4.79 Å². The second-order valence-electron chi connectivity index (χ2n) is 4.97. The molecule has 1 fully saturated rings. The normalized spacial score (nSPS) is 19.4. The first kappa shape index (κ1) is 13.9. The van der Waals surface area contributed by atoms with Crippen molar-refractivity contribution >= 4 is 11.7 Å². The van der Waals surface area contributed by atoms with Crippen LogP contribution in [0.3, 0.4) is 0 Å². The van der Waals surface area contributed by atoms with Crippen molar-refractivity contribution < 1.29 is 9.90 Å². The number of carbonyl (C=O) groups is 1. The minimum absolute atomic E-state index is 0.233. The first-order valence-electron chi connectivity index (χ1n) is 6.99. The predicted octanol–water partition coefficient (Wildman–Crippen LogP) is 1.89. The number of aryl methyl sites for hydroxylation is 1. The number of anilines is 1. The Bertz CT molecular complexity index is 434. The third-order valence-corrected chi connectivity index (χ3v) is 3.72. The summed E-state index contributed by atoms with van der Waals surface area (Å²) in [5, 5.41) is 12.2. The number of aliphatic carboxylic acids is 1. The van der Waals surface area contributed by atoms with Crippen molar-refractivity contribution in [2.45, 2.75) is 32.2 Å². The number of rotatable bonds is 5. The molecule has 2 N–H and O–H groups in total. The van der Waals surface area contributed by atoms with E-state index in [1.807, 2.05) is 0 Å². The van der Waals surface area contributed by atoms with Gasteiger partial charge in [0.15, 0.2) is 0 Å². The lowest BCUT2D eigenvalue weighted by Crippen LogP contribution is -2.51. The Kier molecular flexibility index (Phi) is 4.80. The summed E-state index contributed by atoms with van der Waals surface area (Å²) in [6, 6.07) is 8.71. The zero-order valence-electron chi connectivity index (χ0n) is 11.4. The van der Waals surface area contributed by atoms with Crippen molar-refractivity contribution in [3.8, 4) is 0 Å². The highest BCUT2D eigenvalue weighted by atomic mass is 16.4. The summed E-state index contributed by atoms with van der Waals surface area (Å²) in [7, 11) is 0. The maximum absolute atomic E-state index is 10.8. The Balaban J connectivity index is 2.16. The van der Waals surface area contributed by atoms with Gasteiger partial charge in [-0.25, -0.2) is 0 Å². The Labute approximate surface area is 114 Å². The van der Waals surface area contributed by atoms with Crippen molar-refractivity contribution in [3.05, 3.63) is 29.8 Å². The molecule has 1 aromatic rings. The van der Waals surface area contributed by atoms with Gasteiger partial charge in [0.2, 0.25) is 0 Å². The molecular formula is C15H22N2O2. The second kappa shape index (κ2) is 6.57. The van der Waals surface area contributed by atoms with E-state index in [1.54, 1.807) is 0 Å². The Morgan fingerprint density at radius 2 is 2.26 bits per heavy atom. The van der Waals surface area contributed by atoms with E-state index in [1.165, 1.54) is 11.3 Å². The molecule has 1 atom stereocenters. The SMILES string of the molecule is CCc1ccccc1N1CCNCC1CCC(=O)O. The van der Waals surface area contributed by atoms with Crippen molar-refractivity contribution in [3.63, 3.8) is 0 Å². The van der Waals surface area contributed by atoms with Gasteiger partial charge in [0.1, 0.15) is 0 Å². The lowest BCUT2D eigenvalue weighted by atomic mass is 10.0. The van der Waals surface area contributed by atoms with Gasteiger partial charge in [0, 0.05) is 37.8 Å². The molecule has 4 heteroatoms. The first-order valence-corrected chi connectivity index (χ1v) is 6.99. The van der Waals surface area contributed by atoms with Crippen LogP contribution in [0.5, 0.6) is 0 Å². The summed E-state index contributed by atoms with van der Waals surface area (Å²) in [5.41, 5.74) is 2.60. The average molecular weight is 262 g/mol. The minimum Gasteiger partial charge on any atom is -0.481 e. The van der Waals surface area contributed by atoms with Crippen molar-refractivity contribution in [2.75, 3.05) is 24.5 Å². The third-order valence-electron chi connectivity index (χ3n) is 3.72. The molecule has 0 aromatic heterocycles. The largest absolute Gasteiger partial charge is 0.481 e. The summed E-state index contributed by atoms with van der Waals surface area (Å²) in [5.74, 6) is -0.714. The molecule has 0 bridgehead atoms. The Hall–Kier alpha value is -1.55. The molecule has 1 unspecified atom stereocenters. The maximum atomic E-state index is 10.8. The van der Waals surface area contributed by atoms with Gasteiger partial charge in [-0.05, 0) is 24.5 Å². The fourth-order valence-electron chi connectivity index (χ4n) is 2.72. The molecule has 1 aliphatic rings. The van der Waals surface area contributed by atoms with E-state index in [4.69, 9.17) is 5.11 Å². The topological polar surface area (TPSA) is 52.6 Å².